The molecule has 5 heteroatoms. The summed E-state index contributed by atoms with van der Waals surface area (Å²) in [7, 11) is 1.84. The highest BCUT2D eigenvalue weighted by Crippen LogP contribution is 2.24. The maximum absolute atomic E-state index is 13.8. The topological polar surface area (TPSA) is 27.1 Å². The zero-order chi connectivity index (χ0) is 13.3. The molecule has 3 nitrogen and oxygen atoms in total. The van der Waals surface area contributed by atoms with Crippen LogP contribution >= 0.6 is 15.9 Å². The molecule has 0 saturated carbocycles. The fraction of sp³-hybridized carbons (Fsp3) is 0.308. The molecule has 1 heterocycles. The minimum atomic E-state index is -0.312. The van der Waals surface area contributed by atoms with Gasteiger partial charge in [0, 0.05) is 7.05 Å². The van der Waals surface area contributed by atoms with Crippen LogP contribution in [0.25, 0.3) is 0 Å². The third-order valence-electron chi connectivity index (χ3n) is 2.78. The highest BCUT2D eigenvalue weighted by atomic mass is 79.9. The fourth-order valence-electron chi connectivity index (χ4n) is 1.71. The lowest BCUT2D eigenvalue weighted by Gasteiger charge is -2.09. The minimum absolute atomic E-state index is 0.265. The predicted octanol–water partition coefficient (Wildman–Crippen LogP) is 3.52. The van der Waals surface area contributed by atoms with Crippen molar-refractivity contribution in [3.63, 3.8) is 0 Å². The summed E-state index contributed by atoms with van der Waals surface area (Å²) in [5, 5.41) is 4.26. The Bertz CT molecular complexity index is 581. The van der Waals surface area contributed by atoms with Gasteiger partial charge in [-0.1, -0.05) is 12.1 Å². The zero-order valence-electron chi connectivity index (χ0n) is 10.5. The van der Waals surface area contributed by atoms with Crippen LogP contribution in [0.5, 0.6) is 5.75 Å². The average molecular weight is 313 g/mol. The largest absolute Gasteiger partial charge is 0.484 e. The second-order valence-corrected chi connectivity index (χ2v) is 4.94. The maximum Gasteiger partial charge on any atom is 0.167 e. The Hall–Kier alpha value is -1.36. The van der Waals surface area contributed by atoms with Gasteiger partial charge >= 0.3 is 0 Å². The molecule has 1 aromatic heterocycles. The summed E-state index contributed by atoms with van der Waals surface area (Å²) in [6, 6.07) is 5.11. The van der Waals surface area contributed by atoms with Crippen LogP contribution in [-0.4, -0.2) is 9.78 Å². The summed E-state index contributed by atoms with van der Waals surface area (Å²) >= 11 is 3.45. The molecule has 0 saturated heterocycles. The molecule has 0 amide bonds. The third-order valence-corrected chi connectivity index (χ3v) is 3.81. The molecule has 0 unspecified atom stereocenters. The van der Waals surface area contributed by atoms with Gasteiger partial charge < -0.3 is 4.74 Å². The van der Waals surface area contributed by atoms with Gasteiger partial charge in [-0.25, -0.2) is 4.39 Å². The number of benzene rings is 1. The molecular formula is C13H14BrFN2O. The van der Waals surface area contributed by atoms with Gasteiger partial charge in [0.05, 0.1) is 15.9 Å². The first-order valence-electron chi connectivity index (χ1n) is 5.56. The Morgan fingerprint density at radius 2 is 2.11 bits per heavy atom. The molecule has 0 aliphatic carbocycles. The summed E-state index contributed by atoms with van der Waals surface area (Å²) in [5.74, 6) is -0.0479. The van der Waals surface area contributed by atoms with Crippen molar-refractivity contribution < 1.29 is 9.13 Å². The van der Waals surface area contributed by atoms with Crippen molar-refractivity contribution in [2.75, 3.05) is 0 Å². The van der Waals surface area contributed by atoms with Crippen molar-refractivity contribution in [2.24, 2.45) is 7.05 Å². The third kappa shape index (κ3) is 2.41. The van der Waals surface area contributed by atoms with Crippen LogP contribution in [0.2, 0.25) is 0 Å². The number of halogens is 2. The van der Waals surface area contributed by atoms with Gasteiger partial charge in [-0.2, -0.15) is 5.10 Å². The van der Waals surface area contributed by atoms with Crippen molar-refractivity contribution in [3.05, 3.63) is 45.4 Å². The molecule has 1 aromatic carbocycles. The van der Waals surface area contributed by atoms with Gasteiger partial charge in [-0.3, -0.25) is 4.68 Å². The highest BCUT2D eigenvalue weighted by molar-refractivity contribution is 9.10. The van der Waals surface area contributed by atoms with Gasteiger partial charge in [0.15, 0.2) is 11.6 Å². The molecule has 0 N–H and O–H groups in total. The number of aromatic nitrogens is 2. The number of rotatable bonds is 3. The van der Waals surface area contributed by atoms with Crippen LogP contribution in [0.3, 0.4) is 0 Å². The van der Waals surface area contributed by atoms with E-state index in [1.165, 1.54) is 0 Å². The van der Waals surface area contributed by atoms with E-state index in [0.717, 1.165) is 15.9 Å². The minimum Gasteiger partial charge on any atom is -0.484 e. The van der Waals surface area contributed by atoms with Crippen LogP contribution < -0.4 is 4.74 Å². The summed E-state index contributed by atoms with van der Waals surface area (Å²) < 4.78 is 21.9. The van der Waals surface area contributed by atoms with Crippen molar-refractivity contribution in [3.8, 4) is 5.75 Å². The summed E-state index contributed by atoms with van der Waals surface area (Å²) in [6.07, 6.45) is 0. The summed E-state index contributed by atoms with van der Waals surface area (Å²) in [5.41, 5.74) is 2.35. The first-order valence-corrected chi connectivity index (χ1v) is 6.36. The second kappa shape index (κ2) is 5.10. The van der Waals surface area contributed by atoms with Crippen molar-refractivity contribution in [2.45, 2.75) is 20.5 Å². The lowest BCUT2D eigenvalue weighted by atomic mass is 10.2. The zero-order valence-corrected chi connectivity index (χ0v) is 12.1. The molecule has 0 spiro atoms. The van der Waals surface area contributed by atoms with Crippen molar-refractivity contribution >= 4 is 15.9 Å². The monoisotopic (exact) mass is 312 g/mol. The number of ether oxygens (including phenoxy) is 1. The van der Waals surface area contributed by atoms with Gasteiger partial charge in [0.1, 0.15) is 6.61 Å². The Morgan fingerprint density at radius 1 is 1.39 bits per heavy atom. The molecule has 0 fully saturated rings. The smallest absolute Gasteiger partial charge is 0.167 e. The van der Waals surface area contributed by atoms with E-state index in [-0.39, 0.29) is 18.2 Å². The van der Waals surface area contributed by atoms with E-state index in [1.54, 1.807) is 29.8 Å². The van der Waals surface area contributed by atoms with Crippen LogP contribution in [0.15, 0.2) is 22.7 Å². The lowest BCUT2D eigenvalue weighted by molar-refractivity contribution is 0.279. The van der Waals surface area contributed by atoms with Gasteiger partial charge in [-0.15, -0.1) is 0 Å². The first-order chi connectivity index (χ1) is 8.50. The Labute approximate surface area is 114 Å². The molecule has 0 radical (unpaired) electrons. The normalized spacial score (nSPS) is 10.7. The van der Waals surface area contributed by atoms with E-state index in [1.807, 2.05) is 14.0 Å². The Kier molecular flexibility index (Phi) is 3.71. The van der Waals surface area contributed by atoms with Gasteiger partial charge in [-0.05, 0) is 41.4 Å². The van der Waals surface area contributed by atoms with E-state index in [9.17, 15) is 4.39 Å². The highest BCUT2D eigenvalue weighted by Gasteiger charge is 2.12. The van der Waals surface area contributed by atoms with E-state index in [4.69, 9.17) is 4.74 Å². The molecule has 0 atom stereocenters. The molecule has 96 valence electrons. The summed E-state index contributed by atoms with van der Waals surface area (Å²) in [6.45, 7) is 3.89. The van der Waals surface area contributed by atoms with E-state index in [2.05, 4.69) is 21.0 Å². The SMILES string of the molecule is Cc1cccc(OCc2c(Br)c(C)nn2C)c1F. The number of aryl methyl sites for hydroxylation is 3. The standard InChI is InChI=1S/C13H14BrFN2O/c1-8-5-4-6-11(13(8)15)18-7-10-12(14)9(2)16-17(10)3/h4-6H,7H2,1-3H3. The van der Waals surface area contributed by atoms with Crippen molar-refractivity contribution in [1.29, 1.82) is 0 Å². The van der Waals surface area contributed by atoms with Crippen LogP contribution in [0.4, 0.5) is 4.39 Å². The second-order valence-electron chi connectivity index (χ2n) is 4.15. The predicted molar refractivity (Wildman–Crippen MR) is 71.1 cm³/mol. The molecule has 18 heavy (non-hydrogen) atoms. The molecule has 0 aliphatic rings. The van der Waals surface area contributed by atoms with E-state index >= 15 is 0 Å². The van der Waals surface area contributed by atoms with Gasteiger partial charge in [0.25, 0.3) is 0 Å². The summed E-state index contributed by atoms with van der Waals surface area (Å²) in [4.78, 5) is 0. The quantitative estimate of drug-likeness (QED) is 0.867. The molecule has 0 bridgehead atoms. The van der Waals surface area contributed by atoms with Gasteiger partial charge in [0.2, 0.25) is 0 Å². The average Bonchev–Trinajstić information content (AvgIpc) is 2.56. The molecule has 2 aromatic rings. The van der Waals surface area contributed by atoms with Crippen LogP contribution in [0, 0.1) is 19.7 Å². The van der Waals surface area contributed by atoms with Crippen LogP contribution in [-0.2, 0) is 13.7 Å². The van der Waals surface area contributed by atoms with E-state index in [0.29, 0.717) is 5.56 Å². The number of hydrogen-bond acceptors (Lipinski definition) is 2. The van der Waals surface area contributed by atoms with E-state index < -0.39 is 0 Å². The van der Waals surface area contributed by atoms with Crippen molar-refractivity contribution in [1.82, 2.24) is 9.78 Å². The molecule has 0 aliphatic heterocycles. The first kappa shape index (κ1) is 13.1. The maximum atomic E-state index is 13.8. The molecular weight excluding hydrogens is 299 g/mol. The fourth-order valence-corrected chi connectivity index (χ4v) is 2.17. The van der Waals surface area contributed by atoms with Crippen LogP contribution in [0.1, 0.15) is 17.0 Å². The Morgan fingerprint density at radius 3 is 2.72 bits per heavy atom. The Balaban J connectivity index is 2.19. The molecule has 2 rings (SSSR count). The number of nitrogens with zero attached hydrogens (tertiary/aromatic N) is 2. The number of hydrogen-bond donors (Lipinski definition) is 0. The lowest BCUT2D eigenvalue weighted by Crippen LogP contribution is -2.04.